The first-order chi connectivity index (χ1) is 13.4. The SMILES string of the molecule is C[C@H](C(=O)N[C@H](C)c1ccccc1)[NH+]1CCN(S(=O)(=O)c2ccccc2)CC1. The standard InChI is InChI=1S/C21H27N3O3S/c1-17(19-9-5-3-6-10-19)22-21(25)18(2)23-13-15-24(16-14-23)28(26,27)20-11-7-4-8-12-20/h3-12,17-18H,13-16H2,1-2H3,(H,22,25)/p+1/t17-,18-/m1/s1. The molecule has 1 aliphatic rings. The highest BCUT2D eigenvalue weighted by Gasteiger charge is 2.34. The normalized spacial score (nSPS) is 18.4. The van der Waals surface area contributed by atoms with E-state index < -0.39 is 10.0 Å². The molecule has 1 saturated heterocycles. The van der Waals surface area contributed by atoms with Crippen LogP contribution in [0.2, 0.25) is 0 Å². The van der Waals surface area contributed by atoms with Crippen LogP contribution in [-0.4, -0.2) is 50.9 Å². The number of rotatable bonds is 6. The number of quaternary nitrogens is 1. The zero-order valence-corrected chi connectivity index (χ0v) is 17.2. The van der Waals surface area contributed by atoms with Gasteiger partial charge in [0.2, 0.25) is 10.0 Å². The molecule has 0 spiro atoms. The van der Waals surface area contributed by atoms with E-state index in [9.17, 15) is 13.2 Å². The number of sulfonamides is 1. The maximum atomic E-state index is 12.7. The number of nitrogens with zero attached hydrogens (tertiary/aromatic N) is 1. The minimum atomic E-state index is -3.47. The largest absolute Gasteiger partial charge is 0.344 e. The van der Waals surface area contributed by atoms with Gasteiger partial charge < -0.3 is 10.2 Å². The van der Waals surface area contributed by atoms with Crippen LogP contribution < -0.4 is 10.2 Å². The average Bonchev–Trinajstić information content (AvgIpc) is 2.74. The van der Waals surface area contributed by atoms with Crippen molar-refractivity contribution in [1.82, 2.24) is 9.62 Å². The fourth-order valence-electron chi connectivity index (χ4n) is 3.54. The summed E-state index contributed by atoms with van der Waals surface area (Å²) in [7, 11) is -3.47. The first-order valence-electron chi connectivity index (χ1n) is 9.64. The zero-order valence-electron chi connectivity index (χ0n) is 16.3. The molecule has 1 heterocycles. The Labute approximate surface area is 167 Å². The molecule has 0 aliphatic carbocycles. The molecule has 0 saturated carbocycles. The quantitative estimate of drug-likeness (QED) is 0.752. The highest BCUT2D eigenvalue weighted by atomic mass is 32.2. The van der Waals surface area contributed by atoms with E-state index in [1.54, 1.807) is 30.3 Å². The third-order valence-electron chi connectivity index (χ3n) is 5.41. The molecule has 1 amide bonds. The van der Waals surface area contributed by atoms with Crippen molar-refractivity contribution in [2.24, 2.45) is 0 Å². The molecule has 150 valence electrons. The monoisotopic (exact) mass is 402 g/mol. The van der Waals surface area contributed by atoms with Crippen LogP contribution in [-0.2, 0) is 14.8 Å². The van der Waals surface area contributed by atoms with Gasteiger partial charge in [-0.25, -0.2) is 8.42 Å². The summed E-state index contributed by atoms with van der Waals surface area (Å²) in [5, 5.41) is 3.07. The van der Waals surface area contributed by atoms with E-state index in [4.69, 9.17) is 0 Å². The molecule has 0 aromatic heterocycles. The highest BCUT2D eigenvalue weighted by molar-refractivity contribution is 7.89. The topological polar surface area (TPSA) is 70.9 Å². The fraction of sp³-hybridized carbons (Fsp3) is 0.381. The lowest BCUT2D eigenvalue weighted by Gasteiger charge is -2.34. The van der Waals surface area contributed by atoms with Gasteiger partial charge in [0.15, 0.2) is 6.04 Å². The molecule has 1 fully saturated rings. The smallest absolute Gasteiger partial charge is 0.278 e. The van der Waals surface area contributed by atoms with Crippen LogP contribution in [0.25, 0.3) is 0 Å². The molecule has 0 bridgehead atoms. The Morgan fingerprint density at radius 3 is 2.07 bits per heavy atom. The average molecular weight is 403 g/mol. The molecule has 1 aliphatic heterocycles. The predicted molar refractivity (Wildman–Crippen MR) is 108 cm³/mol. The Hall–Kier alpha value is -2.22. The Morgan fingerprint density at radius 2 is 1.50 bits per heavy atom. The second-order valence-corrected chi connectivity index (χ2v) is 9.18. The lowest BCUT2D eigenvalue weighted by atomic mass is 10.1. The number of piperazine rings is 1. The summed E-state index contributed by atoms with van der Waals surface area (Å²) < 4.78 is 27.0. The molecule has 28 heavy (non-hydrogen) atoms. The summed E-state index contributed by atoms with van der Waals surface area (Å²) in [6.07, 6.45) is 0. The van der Waals surface area contributed by atoms with Crippen LogP contribution in [0, 0.1) is 0 Å². The Bertz CT molecular complexity index is 880. The molecule has 2 N–H and O–H groups in total. The van der Waals surface area contributed by atoms with Gasteiger partial charge in [-0.15, -0.1) is 0 Å². The second-order valence-electron chi connectivity index (χ2n) is 7.24. The molecule has 2 aromatic rings. The van der Waals surface area contributed by atoms with Crippen molar-refractivity contribution in [3.8, 4) is 0 Å². The van der Waals surface area contributed by atoms with Crippen molar-refractivity contribution in [3.63, 3.8) is 0 Å². The third-order valence-corrected chi connectivity index (χ3v) is 7.32. The Morgan fingerprint density at radius 1 is 0.964 bits per heavy atom. The summed E-state index contributed by atoms with van der Waals surface area (Å²) in [5.74, 6) is -0.00859. The number of amides is 1. The summed E-state index contributed by atoms with van der Waals surface area (Å²) in [6.45, 7) is 5.93. The van der Waals surface area contributed by atoms with Gasteiger partial charge in [0.05, 0.1) is 37.1 Å². The van der Waals surface area contributed by atoms with Crippen molar-refractivity contribution in [2.45, 2.75) is 30.8 Å². The van der Waals surface area contributed by atoms with E-state index in [-0.39, 0.29) is 18.0 Å². The van der Waals surface area contributed by atoms with Gasteiger partial charge in [0.1, 0.15) is 0 Å². The number of benzene rings is 2. The number of nitrogens with one attached hydrogen (secondary N) is 2. The van der Waals surface area contributed by atoms with Crippen molar-refractivity contribution >= 4 is 15.9 Å². The maximum absolute atomic E-state index is 12.7. The van der Waals surface area contributed by atoms with Gasteiger partial charge in [0.25, 0.3) is 5.91 Å². The molecule has 0 radical (unpaired) electrons. The van der Waals surface area contributed by atoms with Crippen LogP contribution in [0.1, 0.15) is 25.5 Å². The summed E-state index contributed by atoms with van der Waals surface area (Å²) >= 11 is 0. The number of hydrogen-bond acceptors (Lipinski definition) is 3. The van der Waals surface area contributed by atoms with Gasteiger partial charge in [-0.2, -0.15) is 4.31 Å². The lowest BCUT2D eigenvalue weighted by molar-refractivity contribution is -0.917. The first-order valence-corrected chi connectivity index (χ1v) is 11.1. The second kappa shape index (κ2) is 8.86. The van der Waals surface area contributed by atoms with Gasteiger partial charge >= 0.3 is 0 Å². The van der Waals surface area contributed by atoms with E-state index in [2.05, 4.69) is 5.32 Å². The molecule has 2 aromatic carbocycles. The minimum absolute atomic E-state index is 0.00859. The van der Waals surface area contributed by atoms with E-state index in [1.807, 2.05) is 44.2 Å². The summed E-state index contributed by atoms with van der Waals surface area (Å²) in [4.78, 5) is 14.1. The summed E-state index contributed by atoms with van der Waals surface area (Å²) in [6, 6.07) is 18.1. The van der Waals surface area contributed by atoms with E-state index in [1.165, 1.54) is 4.31 Å². The fourth-order valence-corrected chi connectivity index (χ4v) is 5.00. The van der Waals surface area contributed by atoms with Crippen molar-refractivity contribution in [1.29, 1.82) is 0 Å². The molecule has 7 heteroatoms. The highest BCUT2D eigenvalue weighted by Crippen LogP contribution is 2.15. The Balaban J connectivity index is 1.56. The van der Waals surface area contributed by atoms with E-state index in [0.717, 1.165) is 10.5 Å². The van der Waals surface area contributed by atoms with Crippen LogP contribution in [0.4, 0.5) is 0 Å². The van der Waals surface area contributed by atoms with Crippen molar-refractivity contribution in [2.75, 3.05) is 26.2 Å². The van der Waals surface area contributed by atoms with Crippen molar-refractivity contribution < 1.29 is 18.1 Å². The molecule has 2 atom stereocenters. The third kappa shape index (κ3) is 4.60. The maximum Gasteiger partial charge on any atom is 0.278 e. The van der Waals surface area contributed by atoms with Crippen LogP contribution >= 0.6 is 0 Å². The van der Waals surface area contributed by atoms with Crippen molar-refractivity contribution in [3.05, 3.63) is 66.2 Å². The van der Waals surface area contributed by atoms with Gasteiger partial charge in [-0.05, 0) is 31.5 Å². The molecule has 6 nitrogen and oxygen atoms in total. The number of hydrogen-bond donors (Lipinski definition) is 2. The number of carbonyl (C=O) groups is 1. The van der Waals surface area contributed by atoms with Gasteiger partial charge in [-0.1, -0.05) is 48.5 Å². The predicted octanol–water partition coefficient (Wildman–Crippen LogP) is 0.842. The molecular weight excluding hydrogens is 374 g/mol. The first kappa shape index (κ1) is 20.5. The molecule has 0 unspecified atom stereocenters. The number of carbonyl (C=O) groups excluding carboxylic acids is 1. The lowest BCUT2D eigenvalue weighted by Crippen LogP contribution is -3.19. The van der Waals surface area contributed by atoms with Crippen LogP contribution in [0.3, 0.4) is 0 Å². The summed E-state index contributed by atoms with van der Waals surface area (Å²) in [5.41, 5.74) is 1.07. The van der Waals surface area contributed by atoms with Crippen LogP contribution in [0.15, 0.2) is 65.6 Å². The van der Waals surface area contributed by atoms with E-state index in [0.29, 0.717) is 31.1 Å². The van der Waals surface area contributed by atoms with Gasteiger partial charge in [-0.3, -0.25) is 4.79 Å². The van der Waals surface area contributed by atoms with E-state index >= 15 is 0 Å². The molecule has 3 rings (SSSR count). The minimum Gasteiger partial charge on any atom is -0.344 e. The molecular formula is C21H28N3O3S+. The van der Waals surface area contributed by atoms with Crippen LogP contribution in [0.5, 0.6) is 0 Å². The zero-order chi connectivity index (χ0) is 20.1. The Kier molecular flexibility index (Phi) is 6.49. The van der Waals surface area contributed by atoms with Gasteiger partial charge in [0, 0.05) is 0 Å².